The number of alkyl halides is 3. The average Bonchev–Trinajstić information content (AvgIpc) is 3.20. The number of nitrogens with one attached hydrogen (secondary N) is 1. The van der Waals surface area contributed by atoms with Gasteiger partial charge in [-0.2, -0.15) is 18.3 Å². The van der Waals surface area contributed by atoms with E-state index in [1.165, 1.54) is 19.9 Å². The molecule has 0 radical (unpaired) electrons. The van der Waals surface area contributed by atoms with Gasteiger partial charge in [-0.1, -0.05) is 33.8 Å². The maximum absolute atomic E-state index is 12.9. The molecule has 1 aromatic carbocycles. The monoisotopic (exact) mass is 510 g/mol. The number of aliphatic hydroxyl groups is 2. The number of nitrogens with zero attached hydrogens (tertiary/aromatic N) is 3. The number of halogens is 3. The van der Waals surface area contributed by atoms with Crippen LogP contribution in [0.25, 0.3) is 10.9 Å². The topological polar surface area (TPSA) is 100 Å². The van der Waals surface area contributed by atoms with Gasteiger partial charge in [-0.05, 0) is 58.4 Å². The number of benzene rings is 1. The Bertz CT molecular complexity index is 1140. The lowest BCUT2D eigenvalue weighted by Gasteiger charge is -2.22. The fourth-order valence-corrected chi connectivity index (χ4v) is 3.14. The number of carbonyl (C=O) groups is 1. The standard InChI is InChI=1S/C22H25F3N4O3.2C2H6/c1-20(2,31)8-9-29-12-13-10-17(14(21(3,4)32)11-16(13)28-29)27-19(30)15-6-5-7-18(26-15)22(23,24)25;2*1-2/h5-7,10-12,31-32H,8-9H2,1-4H3,(H,27,30);2*1-2H3. The summed E-state index contributed by atoms with van der Waals surface area (Å²) in [4.78, 5) is 16.1. The molecule has 0 unspecified atom stereocenters. The maximum atomic E-state index is 12.9. The number of fused-ring (bicyclic) bond motifs is 1. The van der Waals surface area contributed by atoms with Crippen molar-refractivity contribution in [3.05, 3.63) is 53.5 Å². The molecule has 3 N–H and O–H groups in total. The van der Waals surface area contributed by atoms with Crippen LogP contribution in [0.15, 0.2) is 36.5 Å². The van der Waals surface area contributed by atoms with E-state index in [1.807, 2.05) is 27.7 Å². The molecule has 0 aliphatic heterocycles. The molecule has 3 aromatic rings. The Morgan fingerprint density at radius 2 is 1.64 bits per heavy atom. The predicted octanol–water partition coefficient (Wildman–Crippen LogP) is 6.14. The number of amides is 1. The lowest BCUT2D eigenvalue weighted by molar-refractivity contribution is -0.141. The summed E-state index contributed by atoms with van der Waals surface area (Å²) in [5, 5.41) is 28.2. The van der Waals surface area contributed by atoms with Crippen molar-refractivity contribution < 1.29 is 28.2 Å². The van der Waals surface area contributed by atoms with Gasteiger partial charge in [0, 0.05) is 29.4 Å². The SMILES string of the molecule is CC.CC.CC(C)(O)CCn1cc2cc(NC(=O)c3cccc(C(F)(F)F)n3)c(C(C)(C)O)cc2n1. The first kappa shape index (κ1) is 31.1. The zero-order valence-electron chi connectivity index (χ0n) is 22.2. The van der Waals surface area contributed by atoms with E-state index in [9.17, 15) is 28.2 Å². The molecular weight excluding hydrogens is 473 g/mol. The molecule has 10 heteroatoms. The van der Waals surface area contributed by atoms with Gasteiger partial charge in [-0.25, -0.2) is 4.98 Å². The highest BCUT2D eigenvalue weighted by molar-refractivity contribution is 6.04. The van der Waals surface area contributed by atoms with Gasteiger partial charge in [0.25, 0.3) is 5.91 Å². The molecule has 0 spiro atoms. The fourth-order valence-electron chi connectivity index (χ4n) is 3.14. The van der Waals surface area contributed by atoms with Gasteiger partial charge in [0.2, 0.25) is 0 Å². The molecule has 0 aliphatic carbocycles. The molecule has 0 saturated heterocycles. The average molecular weight is 511 g/mol. The van der Waals surface area contributed by atoms with Crippen LogP contribution in [0.5, 0.6) is 0 Å². The molecule has 7 nitrogen and oxygen atoms in total. The third-order valence-corrected chi connectivity index (χ3v) is 4.82. The van der Waals surface area contributed by atoms with E-state index in [4.69, 9.17) is 0 Å². The van der Waals surface area contributed by atoms with E-state index in [2.05, 4.69) is 15.4 Å². The minimum absolute atomic E-state index is 0.233. The summed E-state index contributed by atoms with van der Waals surface area (Å²) in [6.45, 7) is 14.9. The molecule has 0 aliphatic rings. The van der Waals surface area contributed by atoms with E-state index in [-0.39, 0.29) is 5.69 Å². The van der Waals surface area contributed by atoms with Gasteiger partial charge in [0.15, 0.2) is 0 Å². The number of hydrogen-bond donors (Lipinski definition) is 3. The van der Waals surface area contributed by atoms with Crippen LogP contribution in [0.1, 0.15) is 83.6 Å². The van der Waals surface area contributed by atoms with E-state index >= 15 is 0 Å². The van der Waals surface area contributed by atoms with Crippen molar-refractivity contribution in [2.45, 2.75) is 85.7 Å². The number of pyridine rings is 1. The normalized spacial score (nSPS) is 11.8. The first-order chi connectivity index (χ1) is 16.6. The van der Waals surface area contributed by atoms with Crippen LogP contribution in [0.4, 0.5) is 18.9 Å². The minimum atomic E-state index is -4.68. The Morgan fingerprint density at radius 1 is 1.03 bits per heavy atom. The third-order valence-electron chi connectivity index (χ3n) is 4.82. The lowest BCUT2D eigenvalue weighted by atomic mass is 9.95. The molecule has 0 bridgehead atoms. The first-order valence-corrected chi connectivity index (χ1v) is 12.0. The van der Waals surface area contributed by atoms with Crippen LogP contribution in [0.2, 0.25) is 0 Å². The van der Waals surface area contributed by atoms with Crippen LogP contribution < -0.4 is 5.32 Å². The summed E-state index contributed by atoms with van der Waals surface area (Å²) in [5.41, 5.74) is -2.66. The van der Waals surface area contributed by atoms with Gasteiger partial charge in [-0.15, -0.1) is 0 Å². The van der Waals surface area contributed by atoms with Crippen LogP contribution in [-0.2, 0) is 18.3 Å². The lowest BCUT2D eigenvalue weighted by Crippen LogP contribution is -2.22. The fraction of sp³-hybridized carbons (Fsp3) is 0.500. The largest absolute Gasteiger partial charge is 0.433 e. The number of carbonyl (C=O) groups excluding carboxylic acids is 1. The van der Waals surface area contributed by atoms with Crippen molar-refractivity contribution in [2.75, 3.05) is 5.32 Å². The van der Waals surface area contributed by atoms with Gasteiger partial charge < -0.3 is 15.5 Å². The second kappa shape index (κ2) is 12.3. The van der Waals surface area contributed by atoms with Gasteiger partial charge in [0.1, 0.15) is 11.4 Å². The molecule has 2 aromatic heterocycles. The summed E-state index contributed by atoms with van der Waals surface area (Å²) in [6.07, 6.45) is -2.48. The Balaban J connectivity index is 0.00000154. The second-order valence-electron chi connectivity index (χ2n) is 8.83. The van der Waals surface area contributed by atoms with Crippen LogP contribution in [0.3, 0.4) is 0 Å². The van der Waals surface area contributed by atoms with Crippen LogP contribution in [0, 0.1) is 0 Å². The zero-order valence-corrected chi connectivity index (χ0v) is 22.2. The van der Waals surface area contributed by atoms with Gasteiger partial charge >= 0.3 is 6.18 Å². The highest BCUT2D eigenvalue weighted by Gasteiger charge is 2.33. The van der Waals surface area contributed by atoms with Crippen LogP contribution in [-0.4, -0.2) is 36.5 Å². The molecule has 36 heavy (non-hydrogen) atoms. The van der Waals surface area contributed by atoms with Crippen LogP contribution >= 0.6 is 0 Å². The van der Waals surface area contributed by atoms with E-state index in [0.29, 0.717) is 29.4 Å². The Morgan fingerprint density at radius 3 is 2.17 bits per heavy atom. The molecule has 0 atom stereocenters. The molecule has 3 rings (SSSR count). The number of anilines is 1. The molecule has 0 fully saturated rings. The predicted molar refractivity (Wildman–Crippen MR) is 136 cm³/mol. The third kappa shape index (κ3) is 8.60. The van der Waals surface area contributed by atoms with E-state index < -0.39 is 34.7 Å². The van der Waals surface area contributed by atoms with Gasteiger partial charge in [0.05, 0.1) is 16.7 Å². The molecule has 2 heterocycles. The number of aromatic nitrogens is 3. The Hall–Kier alpha value is -2.98. The smallest absolute Gasteiger partial charge is 0.390 e. The highest BCUT2D eigenvalue weighted by Crippen LogP contribution is 2.33. The maximum Gasteiger partial charge on any atom is 0.433 e. The summed E-state index contributed by atoms with van der Waals surface area (Å²) in [6, 6.07) is 6.29. The zero-order chi connectivity index (χ0) is 27.9. The summed E-state index contributed by atoms with van der Waals surface area (Å²) in [5.74, 6) is -0.838. The molecule has 0 saturated carbocycles. The van der Waals surface area contributed by atoms with Crippen molar-refractivity contribution >= 4 is 22.5 Å². The summed E-state index contributed by atoms with van der Waals surface area (Å²) >= 11 is 0. The Labute approximate surface area is 210 Å². The minimum Gasteiger partial charge on any atom is -0.390 e. The van der Waals surface area contributed by atoms with Gasteiger partial charge in [-0.3, -0.25) is 9.48 Å². The van der Waals surface area contributed by atoms with E-state index in [0.717, 1.165) is 12.1 Å². The summed E-state index contributed by atoms with van der Waals surface area (Å²) < 4.78 is 40.5. The van der Waals surface area contributed by atoms with Crippen molar-refractivity contribution in [1.82, 2.24) is 14.8 Å². The van der Waals surface area contributed by atoms with Crippen molar-refractivity contribution in [3.8, 4) is 0 Å². The molecule has 200 valence electrons. The molecular formula is C26H37F3N4O3. The number of aryl methyl sites for hydroxylation is 1. The highest BCUT2D eigenvalue weighted by atomic mass is 19.4. The van der Waals surface area contributed by atoms with Crippen molar-refractivity contribution in [2.24, 2.45) is 0 Å². The molecule has 1 amide bonds. The Kier molecular flexibility index (Phi) is 10.6. The quantitative estimate of drug-likeness (QED) is 0.370. The van der Waals surface area contributed by atoms with E-state index in [1.54, 1.807) is 36.9 Å². The number of rotatable bonds is 6. The summed E-state index contributed by atoms with van der Waals surface area (Å²) in [7, 11) is 0. The van der Waals surface area contributed by atoms with Crippen molar-refractivity contribution in [1.29, 1.82) is 0 Å². The first-order valence-electron chi connectivity index (χ1n) is 12.0. The number of hydrogen-bond acceptors (Lipinski definition) is 5. The van der Waals surface area contributed by atoms with Crippen molar-refractivity contribution in [3.63, 3.8) is 0 Å². The second-order valence-corrected chi connectivity index (χ2v) is 8.83.